The maximum Gasteiger partial charge on any atom is 0.166 e. The summed E-state index contributed by atoms with van der Waals surface area (Å²) in [5.41, 5.74) is 0.865. The van der Waals surface area contributed by atoms with E-state index in [1.54, 1.807) is 6.20 Å². The summed E-state index contributed by atoms with van der Waals surface area (Å²) < 4.78 is 0. The smallest absolute Gasteiger partial charge is 0.166 e. The first-order valence-electron chi connectivity index (χ1n) is 5.73. The first-order valence-corrected chi connectivity index (χ1v) is 5.73. The highest BCUT2D eigenvalue weighted by molar-refractivity contribution is 6.09. The van der Waals surface area contributed by atoms with Crippen molar-refractivity contribution in [2.45, 2.75) is 19.3 Å². The van der Waals surface area contributed by atoms with Gasteiger partial charge in [0.25, 0.3) is 0 Å². The van der Waals surface area contributed by atoms with Gasteiger partial charge in [-0.3, -0.25) is 9.78 Å². The highest BCUT2D eigenvalue weighted by Gasteiger charge is 2.26. The third-order valence-electron chi connectivity index (χ3n) is 3.42. The van der Waals surface area contributed by atoms with Gasteiger partial charge in [-0.05, 0) is 24.3 Å². The molecule has 0 atom stereocenters. The molecule has 3 rings (SSSR count). The van der Waals surface area contributed by atoms with Gasteiger partial charge in [0.2, 0.25) is 0 Å². The summed E-state index contributed by atoms with van der Waals surface area (Å²) in [7, 11) is 0. The van der Waals surface area contributed by atoms with Crippen LogP contribution in [0.25, 0.3) is 10.8 Å². The minimum atomic E-state index is 0.263. The fourth-order valence-corrected chi connectivity index (χ4v) is 2.23. The number of rotatable bonds is 2. The average molecular weight is 211 g/mol. The number of nitrogens with zero attached hydrogens (tertiary/aromatic N) is 1. The zero-order chi connectivity index (χ0) is 11.0. The molecule has 0 aliphatic heterocycles. The molecular formula is C14H13NO. The number of ketones is 1. The largest absolute Gasteiger partial charge is 0.294 e. The minimum Gasteiger partial charge on any atom is -0.294 e. The fraction of sp³-hybridized carbons (Fsp3) is 0.286. The molecule has 2 aromatic rings. The Bertz CT molecular complexity index is 538. The molecule has 1 saturated carbocycles. The van der Waals surface area contributed by atoms with Crippen molar-refractivity contribution in [2.75, 3.05) is 0 Å². The average Bonchev–Trinajstić information content (AvgIpc) is 2.26. The van der Waals surface area contributed by atoms with Crippen LogP contribution >= 0.6 is 0 Å². The van der Waals surface area contributed by atoms with Gasteiger partial charge < -0.3 is 0 Å². The Labute approximate surface area is 94.3 Å². The zero-order valence-corrected chi connectivity index (χ0v) is 9.02. The molecular weight excluding hydrogens is 198 g/mol. The number of pyridine rings is 1. The summed E-state index contributed by atoms with van der Waals surface area (Å²) in [5, 5.41) is 2.09. The summed E-state index contributed by atoms with van der Waals surface area (Å²) in [4.78, 5) is 16.3. The van der Waals surface area contributed by atoms with Crippen molar-refractivity contribution >= 4 is 16.6 Å². The second kappa shape index (κ2) is 3.71. The Kier molecular flexibility index (Phi) is 2.21. The van der Waals surface area contributed by atoms with Crippen molar-refractivity contribution in [2.24, 2.45) is 5.92 Å². The molecule has 0 radical (unpaired) electrons. The van der Waals surface area contributed by atoms with Crippen molar-refractivity contribution in [1.29, 1.82) is 0 Å². The molecule has 1 aliphatic carbocycles. The first-order chi connectivity index (χ1) is 7.86. The SMILES string of the molecule is O=C(c1cccc2cnccc12)C1CCC1. The Morgan fingerprint density at radius 1 is 1.25 bits per heavy atom. The molecule has 0 bridgehead atoms. The van der Waals surface area contributed by atoms with Crippen LogP contribution < -0.4 is 0 Å². The van der Waals surface area contributed by atoms with E-state index in [1.165, 1.54) is 6.42 Å². The summed E-state index contributed by atoms with van der Waals surface area (Å²) in [5.74, 6) is 0.571. The van der Waals surface area contributed by atoms with Gasteiger partial charge in [0.15, 0.2) is 5.78 Å². The van der Waals surface area contributed by atoms with E-state index in [-0.39, 0.29) is 5.92 Å². The highest BCUT2D eigenvalue weighted by Crippen LogP contribution is 2.31. The lowest BCUT2D eigenvalue weighted by Crippen LogP contribution is -2.22. The second-order valence-corrected chi connectivity index (χ2v) is 4.39. The van der Waals surface area contributed by atoms with Gasteiger partial charge in [-0.2, -0.15) is 0 Å². The van der Waals surface area contributed by atoms with Crippen molar-refractivity contribution in [3.05, 3.63) is 42.2 Å². The number of carbonyl (C=O) groups is 1. The predicted molar refractivity (Wildman–Crippen MR) is 63.4 cm³/mol. The number of hydrogen-bond acceptors (Lipinski definition) is 2. The first kappa shape index (κ1) is 9.52. The number of fused-ring (bicyclic) bond motifs is 1. The molecule has 0 saturated heterocycles. The summed E-state index contributed by atoms with van der Waals surface area (Å²) in [6.45, 7) is 0. The maximum absolute atomic E-state index is 12.2. The van der Waals surface area contributed by atoms with Gasteiger partial charge in [-0.15, -0.1) is 0 Å². The molecule has 16 heavy (non-hydrogen) atoms. The summed E-state index contributed by atoms with van der Waals surface area (Å²) in [6.07, 6.45) is 6.87. The fourth-order valence-electron chi connectivity index (χ4n) is 2.23. The third-order valence-corrected chi connectivity index (χ3v) is 3.42. The Balaban J connectivity index is 2.12. The van der Waals surface area contributed by atoms with Crippen LogP contribution in [0, 0.1) is 5.92 Å². The Hall–Kier alpha value is -1.70. The van der Waals surface area contributed by atoms with Crippen LogP contribution in [0.15, 0.2) is 36.7 Å². The number of carbonyl (C=O) groups excluding carboxylic acids is 1. The highest BCUT2D eigenvalue weighted by atomic mass is 16.1. The van der Waals surface area contributed by atoms with E-state index in [9.17, 15) is 4.79 Å². The molecule has 1 fully saturated rings. The van der Waals surface area contributed by atoms with E-state index < -0.39 is 0 Å². The van der Waals surface area contributed by atoms with E-state index in [2.05, 4.69) is 4.98 Å². The number of benzene rings is 1. The minimum absolute atomic E-state index is 0.263. The van der Waals surface area contributed by atoms with E-state index in [0.29, 0.717) is 5.78 Å². The van der Waals surface area contributed by atoms with Crippen LogP contribution in [0.1, 0.15) is 29.6 Å². The molecule has 0 spiro atoms. The molecule has 2 heteroatoms. The van der Waals surface area contributed by atoms with Crippen LogP contribution in [0.3, 0.4) is 0 Å². The molecule has 1 aromatic carbocycles. The second-order valence-electron chi connectivity index (χ2n) is 4.39. The number of Topliss-reactive ketones (excluding diaryl/α,β-unsaturated/α-hetero) is 1. The molecule has 0 N–H and O–H groups in total. The summed E-state index contributed by atoms with van der Waals surface area (Å²) in [6, 6.07) is 7.81. The van der Waals surface area contributed by atoms with Gasteiger partial charge in [0, 0.05) is 29.3 Å². The van der Waals surface area contributed by atoms with Crippen molar-refractivity contribution < 1.29 is 4.79 Å². The number of aromatic nitrogens is 1. The van der Waals surface area contributed by atoms with Gasteiger partial charge in [-0.25, -0.2) is 0 Å². The molecule has 2 nitrogen and oxygen atoms in total. The van der Waals surface area contributed by atoms with Gasteiger partial charge in [0.05, 0.1) is 0 Å². The van der Waals surface area contributed by atoms with Crippen LogP contribution in [-0.2, 0) is 0 Å². The molecule has 80 valence electrons. The van der Waals surface area contributed by atoms with Crippen molar-refractivity contribution in [3.8, 4) is 0 Å². The third kappa shape index (κ3) is 1.42. The van der Waals surface area contributed by atoms with Crippen LogP contribution in [-0.4, -0.2) is 10.8 Å². The lowest BCUT2D eigenvalue weighted by Gasteiger charge is -2.24. The Morgan fingerprint density at radius 2 is 2.12 bits per heavy atom. The molecule has 1 aliphatic rings. The van der Waals surface area contributed by atoms with E-state index in [4.69, 9.17) is 0 Å². The number of hydrogen-bond donors (Lipinski definition) is 0. The summed E-state index contributed by atoms with van der Waals surface area (Å²) >= 11 is 0. The zero-order valence-electron chi connectivity index (χ0n) is 9.02. The van der Waals surface area contributed by atoms with Gasteiger partial charge in [0.1, 0.15) is 0 Å². The monoisotopic (exact) mass is 211 g/mol. The normalized spacial score (nSPS) is 16.0. The standard InChI is InChI=1S/C14H13NO/c16-14(10-3-1-4-10)13-6-2-5-11-9-15-8-7-12(11)13/h2,5-10H,1,3-4H2. The molecule has 1 aromatic heterocycles. The molecule has 0 unspecified atom stereocenters. The van der Waals surface area contributed by atoms with Crippen LogP contribution in [0.2, 0.25) is 0 Å². The lowest BCUT2D eigenvalue weighted by molar-refractivity contribution is 0.0857. The van der Waals surface area contributed by atoms with E-state index in [0.717, 1.165) is 29.2 Å². The topological polar surface area (TPSA) is 30.0 Å². The van der Waals surface area contributed by atoms with Gasteiger partial charge in [-0.1, -0.05) is 24.6 Å². The maximum atomic E-state index is 12.2. The van der Waals surface area contributed by atoms with Crippen molar-refractivity contribution in [3.63, 3.8) is 0 Å². The molecule has 1 heterocycles. The van der Waals surface area contributed by atoms with Gasteiger partial charge >= 0.3 is 0 Å². The van der Waals surface area contributed by atoms with Crippen LogP contribution in [0.4, 0.5) is 0 Å². The van der Waals surface area contributed by atoms with E-state index >= 15 is 0 Å². The Morgan fingerprint density at radius 3 is 2.88 bits per heavy atom. The predicted octanol–water partition coefficient (Wildman–Crippen LogP) is 3.22. The van der Waals surface area contributed by atoms with E-state index in [1.807, 2.05) is 30.5 Å². The quantitative estimate of drug-likeness (QED) is 0.714. The van der Waals surface area contributed by atoms with Crippen LogP contribution in [0.5, 0.6) is 0 Å². The lowest BCUT2D eigenvalue weighted by atomic mass is 9.79. The van der Waals surface area contributed by atoms with Crippen molar-refractivity contribution in [1.82, 2.24) is 4.98 Å². The molecule has 0 amide bonds.